The summed E-state index contributed by atoms with van der Waals surface area (Å²) >= 11 is 1.63. The average Bonchev–Trinajstić information content (AvgIpc) is 2.99. The number of nitrogens with zero attached hydrogens (tertiary/aromatic N) is 1. The van der Waals surface area contributed by atoms with E-state index in [2.05, 4.69) is 20.3 Å². The Kier molecular flexibility index (Phi) is 5.12. The van der Waals surface area contributed by atoms with E-state index in [1.165, 1.54) is 6.33 Å². The molecule has 120 valence electrons. The van der Waals surface area contributed by atoms with Crippen LogP contribution in [-0.4, -0.2) is 38.5 Å². The Morgan fingerprint density at radius 3 is 2.91 bits per heavy atom. The SMILES string of the molecule is O=c1[nH]cnc2c(CNC[C@H](O)CSc3ccccc3)c[nH]c12. The highest BCUT2D eigenvalue weighted by Crippen LogP contribution is 2.17. The molecule has 3 rings (SSSR count). The van der Waals surface area contributed by atoms with Crippen LogP contribution in [0.2, 0.25) is 0 Å². The lowest BCUT2D eigenvalue weighted by Crippen LogP contribution is -2.28. The number of hydrogen-bond acceptors (Lipinski definition) is 5. The highest BCUT2D eigenvalue weighted by molar-refractivity contribution is 7.99. The molecule has 0 bridgehead atoms. The topological polar surface area (TPSA) is 93.8 Å². The molecule has 23 heavy (non-hydrogen) atoms. The van der Waals surface area contributed by atoms with E-state index >= 15 is 0 Å². The molecule has 2 aromatic heterocycles. The van der Waals surface area contributed by atoms with E-state index in [4.69, 9.17) is 0 Å². The molecule has 2 heterocycles. The maximum absolute atomic E-state index is 11.6. The van der Waals surface area contributed by atoms with E-state index in [-0.39, 0.29) is 5.56 Å². The molecule has 0 aliphatic carbocycles. The number of thioether (sulfide) groups is 1. The summed E-state index contributed by atoms with van der Waals surface area (Å²) in [6, 6.07) is 10.00. The highest BCUT2D eigenvalue weighted by atomic mass is 32.2. The van der Waals surface area contributed by atoms with Crippen molar-refractivity contribution in [3.8, 4) is 0 Å². The molecule has 1 aromatic carbocycles. The molecule has 6 nitrogen and oxygen atoms in total. The lowest BCUT2D eigenvalue weighted by atomic mass is 10.3. The van der Waals surface area contributed by atoms with Gasteiger partial charge in [-0.2, -0.15) is 0 Å². The van der Waals surface area contributed by atoms with E-state index < -0.39 is 6.10 Å². The first kappa shape index (κ1) is 15.8. The number of aliphatic hydroxyl groups excluding tert-OH is 1. The number of H-pyrrole nitrogens is 2. The smallest absolute Gasteiger partial charge is 0.275 e. The number of aromatic nitrogens is 3. The Balaban J connectivity index is 1.49. The van der Waals surface area contributed by atoms with E-state index in [1.807, 2.05) is 30.3 Å². The molecule has 0 fully saturated rings. The summed E-state index contributed by atoms with van der Waals surface area (Å²) in [6.07, 6.45) is 2.72. The van der Waals surface area contributed by atoms with E-state index in [1.54, 1.807) is 18.0 Å². The molecule has 0 saturated carbocycles. The third kappa shape index (κ3) is 4.01. The largest absolute Gasteiger partial charge is 0.391 e. The van der Waals surface area contributed by atoms with Gasteiger partial charge in [-0.05, 0) is 12.1 Å². The van der Waals surface area contributed by atoms with Crippen LogP contribution in [0.4, 0.5) is 0 Å². The van der Waals surface area contributed by atoms with Crippen molar-refractivity contribution in [2.75, 3.05) is 12.3 Å². The van der Waals surface area contributed by atoms with Crippen LogP contribution in [0, 0.1) is 0 Å². The predicted octanol–water partition coefficient (Wildman–Crippen LogP) is 1.49. The van der Waals surface area contributed by atoms with Gasteiger partial charge in [0.25, 0.3) is 5.56 Å². The van der Waals surface area contributed by atoms with Crippen molar-refractivity contribution >= 4 is 22.8 Å². The third-order valence-corrected chi connectivity index (χ3v) is 4.59. The molecule has 0 aliphatic rings. The molecule has 7 heteroatoms. The molecule has 0 spiro atoms. The van der Waals surface area contributed by atoms with Crippen molar-refractivity contribution in [2.45, 2.75) is 17.5 Å². The molecule has 0 saturated heterocycles. The quantitative estimate of drug-likeness (QED) is 0.493. The fourth-order valence-corrected chi connectivity index (χ4v) is 3.13. The van der Waals surface area contributed by atoms with Gasteiger partial charge in [-0.1, -0.05) is 18.2 Å². The zero-order chi connectivity index (χ0) is 16.1. The summed E-state index contributed by atoms with van der Waals surface area (Å²) < 4.78 is 0. The maximum Gasteiger partial charge on any atom is 0.275 e. The molecule has 0 amide bonds. The van der Waals surface area contributed by atoms with Gasteiger partial charge in [-0.3, -0.25) is 4.79 Å². The number of aliphatic hydroxyl groups is 1. The summed E-state index contributed by atoms with van der Waals surface area (Å²) in [5, 5.41) is 13.2. The summed E-state index contributed by atoms with van der Waals surface area (Å²) in [7, 11) is 0. The van der Waals surface area contributed by atoms with Crippen molar-refractivity contribution in [1.82, 2.24) is 20.3 Å². The molecular weight excluding hydrogens is 312 g/mol. The van der Waals surface area contributed by atoms with Gasteiger partial charge in [-0.15, -0.1) is 11.8 Å². The number of aromatic amines is 2. The van der Waals surface area contributed by atoms with E-state index in [0.29, 0.717) is 29.9 Å². The second-order valence-electron chi connectivity index (χ2n) is 5.18. The van der Waals surface area contributed by atoms with Crippen molar-refractivity contribution < 1.29 is 5.11 Å². The van der Waals surface area contributed by atoms with Gasteiger partial charge in [0.15, 0.2) is 0 Å². The number of nitrogens with one attached hydrogen (secondary N) is 3. The first-order valence-electron chi connectivity index (χ1n) is 7.34. The van der Waals surface area contributed by atoms with Crippen LogP contribution < -0.4 is 10.9 Å². The third-order valence-electron chi connectivity index (χ3n) is 3.43. The van der Waals surface area contributed by atoms with Crippen LogP contribution in [0.3, 0.4) is 0 Å². The van der Waals surface area contributed by atoms with Gasteiger partial charge >= 0.3 is 0 Å². The molecule has 0 aliphatic heterocycles. The highest BCUT2D eigenvalue weighted by Gasteiger charge is 2.09. The number of rotatable bonds is 7. The van der Waals surface area contributed by atoms with Crippen LogP contribution in [-0.2, 0) is 6.54 Å². The Hall–Kier alpha value is -2.09. The minimum Gasteiger partial charge on any atom is -0.391 e. The van der Waals surface area contributed by atoms with Gasteiger partial charge < -0.3 is 20.4 Å². The van der Waals surface area contributed by atoms with Gasteiger partial charge in [0.05, 0.1) is 17.9 Å². The van der Waals surface area contributed by atoms with Gasteiger partial charge in [-0.25, -0.2) is 4.98 Å². The molecule has 4 N–H and O–H groups in total. The van der Waals surface area contributed by atoms with Crippen LogP contribution in [0.5, 0.6) is 0 Å². The number of benzene rings is 1. The average molecular weight is 330 g/mol. The standard InChI is InChI=1S/C16H18N4O2S/c21-12(9-23-13-4-2-1-3-5-13)8-17-6-11-7-18-15-14(11)19-10-20-16(15)22/h1-5,7,10,12,17-18,21H,6,8-9H2,(H,19,20,22)/t12-/m0/s1. The molecule has 0 radical (unpaired) electrons. The first-order chi connectivity index (χ1) is 11.2. The second kappa shape index (κ2) is 7.45. The van der Waals surface area contributed by atoms with Crippen molar-refractivity contribution in [3.05, 3.63) is 58.8 Å². The maximum atomic E-state index is 11.6. The van der Waals surface area contributed by atoms with E-state index in [9.17, 15) is 9.90 Å². The van der Waals surface area contributed by atoms with Crippen molar-refractivity contribution in [2.24, 2.45) is 0 Å². The zero-order valence-electron chi connectivity index (χ0n) is 12.5. The Labute approximate surface area is 137 Å². The molecular formula is C16H18N4O2S. The Morgan fingerprint density at radius 2 is 2.09 bits per heavy atom. The van der Waals surface area contributed by atoms with Gasteiger partial charge in [0, 0.05) is 35.5 Å². The zero-order valence-corrected chi connectivity index (χ0v) is 13.3. The lowest BCUT2D eigenvalue weighted by molar-refractivity contribution is 0.195. The van der Waals surface area contributed by atoms with Crippen LogP contribution in [0.15, 0.2) is 52.5 Å². The molecule has 1 atom stereocenters. The molecule has 0 unspecified atom stereocenters. The summed E-state index contributed by atoms with van der Waals surface area (Å²) in [4.78, 5) is 22.4. The first-order valence-corrected chi connectivity index (χ1v) is 8.33. The normalized spacial score (nSPS) is 12.6. The van der Waals surface area contributed by atoms with Gasteiger partial charge in [0.1, 0.15) is 5.52 Å². The number of hydrogen-bond donors (Lipinski definition) is 4. The summed E-state index contributed by atoms with van der Waals surface area (Å²) in [5.74, 6) is 0.628. The van der Waals surface area contributed by atoms with E-state index in [0.717, 1.165) is 10.5 Å². The Bertz CT molecular complexity index is 816. The lowest BCUT2D eigenvalue weighted by Gasteiger charge is -2.11. The number of fused-ring (bicyclic) bond motifs is 1. The summed E-state index contributed by atoms with van der Waals surface area (Å²) in [6.45, 7) is 1.03. The fraction of sp³-hybridized carbons (Fsp3) is 0.250. The minimum atomic E-state index is -0.443. The molecule has 3 aromatic rings. The van der Waals surface area contributed by atoms with Crippen molar-refractivity contribution in [1.29, 1.82) is 0 Å². The van der Waals surface area contributed by atoms with Crippen LogP contribution in [0.25, 0.3) is 11.0 Å². The monoisotopic (exact) mass is 330 g/mol. The Morgan fingerprint density at radius 1 is 1.26 bits per heavy atom. The fourth-order valence-electron chi connectivity index (χ4n) is 2.28. The summed E-state index contributed by atoms with van der Waals surface area (Å²) in [5.41, 5.74) is 1.87. The minimum absolute atomic E-state index is 0.180. The predicted molar refractivity (Wildman–Crippen MR) is 91.6 cm³/mol. The second-order valence-corrected chi connectivity index (χ2v) is 6.27. The van der Waals surface area contributed by atoms with Crippen LogP contribution >= 0.6 is 11.8 Å². The van der Waals surface area contributed by atoms with Crippen LogP contribution in [0.1, 0.15) is 5.56 Å². The van der Waals surface area contributed by atoms with Crippen molar-refractivity contribution in [3.63, 3.8) is 0 Å². The van der Waals surface area contributed by atoms with Gasteiger partial charge in [0.2, 0.25) is 0 Å².